The molecule has 3 aromatic rings. The standard InChI is InChI=1S/C28H31N3O3/c1-20(22-13-9-11-21-10-3-4-12-23(21)22)29-27(32)19-31-18-26(28(33)30-16-7-2-8-17-30)34-25-15-6-5-14-24(25)31/h3-6,9-15,20,26H,2,7-8,16-19H2,1H3,(H,29,32). The summed E-state index contributed by atoms with van der Waals surface area (Å²) in [6.45, 7) is 4.10. The van der Waals surface area contributed by atoms with Crippen LogP contribution in [0.5, 0.6) is 5.75 Å². The Morgan fingerprint density at radius 2 is 1.71 bits per heavy atom. The number of likely N-dealkylation sites (tertiary alicyclic amines) is 1. The average molecular weight is 458 g/mol. The molecule has 0 bridgehead atoms. The number of piperidine rings is 1. The van der Waals surface area contributed by atoms with Gasteiger partial charge < -0.3 is 19.9 Å². The van der Waals surface area contributed by atoms with Crippen molar-refractivity contribution in [1.29, 1.82) is 0 Å². The quantitative estimate of drug-likeness (QED) is 0.621. The van der Waals surface area contributed by atoms with Gasteiger partial charge in [0.1, 0.15) is 5.75 Å². The number of benzene rings is 3. The third-order valence-corrected chi connectivity index (χ3v) is 6.81. The van der Waals surface area contributed by atoms with Gasteiger partial charge in [-0.2, -0.15) is 0 Å². The third-order valence-electron chi connectivity index (χ3n) is 6.81. The lowest BCUT2D eigenvalue weighted by molar-refractivity contribution is -0.139. The first kappa shape index (κ1) is 22.3. The Balaban J connectivity index is 1.31. The van der Waals surface area contributed by atoms with E-state index in [0.717, 1.165) is 48.0 Å². The van der Waals surface area contributed by atoms with Crippen LogP contribution >= 0.6 is 0 Å². The second kappa shape index (κ2) is 9.75. The highest BCUT2D eigenvalue weighted by molar-refractivity contribution is 5.88. The lowest BCUT2D eigenvalue weighted by atomic mass is 10.00. The Hall–Kier alpha value is -3.54. The minimum atomic E-state index is -0.601. The van der Waals surface area contributed by atoms with Crippen LogP contribution in [0, 0.1) is 0 Å². The van der Waals surface area contributed by atoms with Crippen molar-refractivity contribution in [3.05, 3.63) is 72.3 Å². The summed E-state index contributed by atoms with van der Waals surface area (Å²) < 4.78 is 6.09. The van der Waals surface area contributed by atoms with Gasteiger partial charge in [0.2, 0.25) is 5.91 Å². The number of nitrogens with zero attached hydrogens (tertiary/aromatic N) is 2. The van der Waals surface area contributed by atoms with E-state index < -0.39 is 6.10 Å². The summed E-state index contributed by atoms with van der Waals surface area (Å²) in [7, 11) is 0. The molecule has 1 saturated heterocycles. The molecule has 0 radical (unpaired) electrons. The van der Waals surface area contributed by atoms with Crippen LogP contribution in [0.25, 0.3) is 10.8 Å². The van der Waals surface area contributed by atoms with Crippen LogP contribution < -0.4 is 15.0 Å². The molecule has 176 valence electrons. The molecule has 2 heterocycles. The molecular weight excluding hydrogens is 426 g/mol. The Kier molecular flexibility index (Phi) is 6.39. The fraction of sp³-hybridized carbons (Fsp3) is 0.357. The summed E-state index contributed by atoms with van der Waals surface area (Å²) in [5, 5.41) is 5.45. The number of carbonyl (C=O) groups excluding carboxylic acids is 2. The third kappa shape index (κ3) is 4.58. The number of hydrogen-bond acceptors (Lipinski definition) is 4. The zero-order valence-corrected chi connectivity index (χ0v) is 19.6. The molecular formula is C28H31N3O3. The number of carbonyl (C=O) groups is 2. The second-order valence-electron chi connectivity index (χ2n) is 9.20. The Labute approximate surface area is 200 Å². The molecule has 5 rings (SSSR count). The second-order valence-corrected chi connectivity index (χ2v) is 9.20. The van der Waals surface area contributed by atoms with Crippen molar-refractivity contribution in [3.8, 4) is 5.75 Å². The van der Waals surface area contributed by atoms with Crippen LogP contribution in [-0.2, 0) is 9.59 Å². The van der Waals surface area contributed by atoms with Crippen molar-refractivity contribution < 1.29 is 14.3 Å². The molecule has 2 atom stereocenters. The first-order valence-corrected chi connectivity index (χ1v) is 12.2. The molecule has 6 nitrogen and oxygen atoms in total. The average Bonchev–Trinajstić information content (AvgIpc) is 2.88. The van der Waals surface area contributed by atoms with Gasteiger partial charge in [0.05, 0.1) is 24.8 Å². The van der Waals surface area contributed by atoms with Crippen molar-refractivity contribution in [2.75, 3.05) is 31.1 Å². The normalized spacial score (nSPS) is 18.7. The maximum Gasteiger partial charge on any atom is 0.265 e. The highest BCUT2D eigenvalue weighted by Crippen LogP contribution is 2.33. The number of amides is 2. The van der Waals surface area contributed by atoms with Crippen molar-refractivity contribution >= 4 is 28.3 Å². The zero-order chi connectivity index (χ0) is 23.5. The van der Waals surface area contributed by atoms with Crippen molar-refractivity contribution in [2.24, 2.45) is 0 Å². The molecule has 3 aromatic carbocycles. The lowest BCUT2D eigenvalue weighted by Gasteiger charge is -2.38. The van der Waals surface area contributed by atoms with Crippen LogP contribution in [0.1, 0.15) is 37.8 Å². The van der Waals surface area contributed by atoms with Gasteiger partial charge in [0, 0.05) is 13.1 Å². The van der Waals surface area contributed by atoms with Crippen LogP contribution in [0.15, 0.2) is 66.7 Å². The highest BCUT2D eigenvalue weighted by atomic mass is 16.5. The lowest BCUT2D eigenvalue weighted by Crippen LogP contribution is -2.53. The van der Waals surface area contributed by atoms with Gasteiger partial charge >= 0.3 is 0 Å². The number of fused-ring (bicyclic) bond motifs is 2. The van der Waals surface area contributed by atoms with Crippen LogP contribution in [0.2, 0.25) is 0 Å². The first-order valence-electron chi connectivity index (χ1n) is 12.2. The fourth-order valence-corrected chi connectivity index (χ4v) is 5.07. The number of nitrogens with one attached hydrogen (secondary N) is 1. The zero-order valence-electron chi connectivity index (χ0n) is 19.6. The van der Waals surface area contributed by atoms with E-state index in [-0.39, 0.29) is 24.4 Å². The van der Waals surface area contributed by atoms with Crippen molar-refractivity contribution in [2.45, 2.75) is 38.3 Å². The van der Waals surface area contributed by atoms with Crippen molar-refractivity contribution in [1.82, 2.24) is 10.2 Å². The summed E-state index contributed by atoms with van der Waals surface area (Å²) in [6.07, 6.45) is 2.64. The highest BCUT2D eigenvalue weighted by Gasteiger charge is 2.34. The van der Waals surface area contributed by atoms with Crippen LogP contribution in [-0.4, -0.2) is 49.0 Å². The molecule has 6 heteroatoms. The molecule has 0 aromatic heterocycles. The number of rotatable bonds is 5. The smallest absolute Gasteiger partial charge is 0.265 e. The number of ether oxygens (including phenoxy) is 1. The van der Waals surface area contributed by atoms with E-state index in [1.54, 1.807) is 0 Å². The molecule has 2 amide bonds. The molecule has 2 unspecified atom stereocenters. The molecule has 2 aliphatic heterocycles. The maximum atomic E-state index is 13.2. The predicted molar refractivity (Wildman–Crippen MR) is 134 cm³/mol. The predicted octanol–water partition coefficient (Wildman–Crippen LogP) is 4.30. The topological polar surface area (TPSA) is 61.9 Å². The molecule has 0 aliphatic carbocycles. The fourth-order valence-electron chi connectivity index (χ4n) is 5.07. The Morgan fingerprint density at radius 3 is 2.56 bits per heavy atom. The summed E-state index contributed by atoms with van der Waals surface area (Å²) >= 11 is 0. The Morgan fingerprint density at radius 1 is 0.971 bits per heavy atom. The van der Waals surface area contributed by atoms with E-state index in [2.05, 4.69) is 29.6 Å². The van der Waals surface area contributed by atoms with E-state index in [0.29, 0.717) is 12.3 Å². The van der Waals surface area contributed by atoms with Gasteiger partial charge in [0.25, 0.3) is 5.91 Å². The van der Waals surface area contributed by atoms with Crippen LogP contribution in [0.3, 0.4) is 0 Å². The number of anilines is 1. The van der Waals surface area contributed by atoms with Gasteiger partial charge in [-0.3, -0.25) is 9.59 Å². The molecule has 34 heavy (non-hydrogen) atoms. The molecule has 0 spiro atoms. The van der Waals surface area contributed by atoms with E-state index in [9.17, 15) is 9.59 Å². The Bertz CT molecular complexity index is 1180. The van der Waals surface area contributed by atoms with E-state index in [4.69, 9.17) is 4.74 Å². The van der Waals surface area contributed by atoms with Gasteiger partial charge in [0.15, 0.2) is 6.10 Å². The number of para-hydroxylation sites is 2. The van der Waals surface area contributed by atoms with E-state index in [1.165, 1.54) is 6.42 Å². The monoisotopic (exact) mass is 457 g/mol. The summed E-state index contributed by atoms with van der Waals surface area (Å²) in [5.74, 6) is 0.587. The first-order chi connectivity index (χ1) is 16.6. The summed E-state index contributed by atoms with van der Waals surface area (Å²) in [6, 6.07) is 21.9. The van der Waals surface area contributed by atoms with Gasteiger partial charge in [-0.1, -0.05) is 54.6 Å². The molecule has 0 saturated carbocycles. The summed E-state index contributed by atoms with van der Waals surface area (Å²) in [5.41, 5.74) is 1.94. The largest absolute Gasteiger partial charge is 0.477 e. The molecule has 2 aliphatic rings. The minimum absolute atomic E-state index is 0.0173. The van der Waals surface area contributed by atoms with Crippen molar-refractivity contribution in [3.63, 3.8) is 0 Å². The SMILES string of the molecule is CC(NC(=O)CN1CC(C(=O)N2CCCCC2)Oc2ccccc21)c1cccc2ccccc12. The van der Waals surface area contributed by atoms with Gasteiger partial charge in [-0.05, 0) is 54.7 Å². The van der Waals surface area contributed by atoms with E-state index >= 15 is 0 Å². The van der Waals surface area contributed by atoms with Crippen LogP contribution in [0.4, 0.5) is 5.69 Å². The maximum absolute atomic E-state index is 13.2. The summed E-state index contributed by atoms with van der Waals surface area (Å²) in [4.78, 5) is 30.2. The molecule has 1 N–H and O–H groups in total. The van der Waals surface area contributed by atoms with Gasteiger partial charge in [-0.15, -0.1) is 0 Å². The number of hydrogen-bond donors (Lipinski definition) is 1. The van der Waals surface area contributed by atoms with Gasteiger partial charge in [-0.25, -0.2) is 0 Å². The molecule has 1 fully saturated rings. The van der Waals surface area contributed by atoms with E-state index in [1.807, 2.05) is 59.2 Å². The minimum Gasteiger partial charge on any atom is -0.477 e.